The normalized spacial score (nSPS) is 10.1. The quantitative estimate of drug-likeness (QED) is 0.714. The molecule has 0 fully saturated rings. The number of aromatic nitrogens is 1. The third-order valence-electron chi connectivity index (χ3n) is 2.62. The van der Waals surface area contributed by atoms with Crippen molar-refractivity contribution in [2.75, 3.05) is 0 Å². The fourth-order valence-electron chi connectivity index (χ4n) is 1.80. The number of hydrogen-bond donors (Lipinski definition) is 0. The van der Waals surface area contributed by atoms with Crippen LogP contribution in [-0.2, 0) is 0 Å². The van der Waals surface area contributed by atoms with E-state index in [2.05, 4.69) is 4.98 Å². The molecule has 0 atom stereocenters. The van der Waals surface area contributed by atoms with E-state index in [4.69, 9.17) is 0 Å². The van der Waals surface area contributed by atoms with E-state index in [0.29, 0.717) is 0 Å². The molecule has 2 nitrogen and oxygen atoms in total. The Balaban J connectivity index is 2.65. The Kier molecular flexibility index (Phi) is 2.82. The van der Waals surface area contributed by atoms with E-state index in [9.17, 15) is 4.79 Å². The van der Waals surface area contributed by atoms with Crippen LogP contribution in [0.15, 0.2) is 42.7 Å². The molecule has 2 rings (SSSR count). The second kappa shape index (κ2) is 4.27. The molecule has 2 aromatic rings. The zero-order valence-electron chi connectivity index (χ0n) is 9.40. The van der Waals surface area contributed by atoms with Gasteiger partial charge in [0.1, 0.15) is 0 Å². The highest BCUT2D eigenvalue weighted by molar-refractivity contribution is 6.01. The molecule has 1 aromatic heterocycles. The van der Waals surface area contributed by atoms with Crippen LogP contribution in [0, 0.1) is 6.92 Å². The monoisotopic (exact) mass is 211 g/mol. The van der Waals surface area contributed by atoms with Crippen LogP contribution in [0.4, 0.5) is 0 Å². The minimum atomic E-state index is 0.0896. The van der Waals surface area contributed by atoms with Crippen LogP contribution in [0.5, 0.6) is 0 Å². The van der Waals surface area contributed by atoms with E-state index in [0.717, 1.165) is 22.3 Å². The third kappa shape index (κ3) is 1.87. The first-order chi connectivity index (χ1) is 7.70. The van der Waals surface area contributed by atoms with Gasteiger partial charge in [-0.2, -0.15) is 0 Å². The maximum Gasteiger partial charge on any atom is 0.160 e. The predicted molar refractivity (Wildman–Crippen MR) is 64.4 cm³/mol. The van der Waals surface area contributed by atoms with Crippen LogP contribution in [0.25, 0.3) is 11.1 Å². The first-order valence-electron chi connectivity index (χ1n) is 5.21. The van der Waals surface area contributed by atoms with Crippen molar-refractivity contribution in [3.63, 3.8) is 0 Å². The molecule has 0 saturated heterocycles. The van der Waals surface area contributed by atoms with Crippen LogP contribution < -0.4 is 0 Å². The van der Waals surface area contributed by atoms with Crippen LogP contribution in [0.1, 0.15) is 22.8 Å². The highest BCUT2D eigenvalue weighted by Gasteiger charge is 2.09. The molecule has 0 saturated carbocycles. The maximum absolute atomic E-state index is 11.5. The molecular formula is C14H13NO. The van der Waals surface area contributed by atoms with Gasteiger partial charge in [-0.3, -0.25) is 9.78 Å². The van der Waals surface area contributed by atoms with Gasteiger partial charge in [0.05, 0.1) is 0 Å². The Morgan fingerprint density at radius 2 is 1.88 bits per heavy atom. The first-order valence-corrected chi connectivity index (χ1v) is 5.21. The lowest BCUT2D eigenvalue weighted by molar-refractivity contribution is 0.101. The Bertz CT molecular complexity index is 532. The van der Waals surface area contributed by atoms with E-state index in [1.165, 1.54) is 0 Å². The lowest BCUT2D eigenvalue weighted by atomic mass is 9.96. The molecule has 1 heterocycles. The number of carbonyl (C=O) groups is 1. The van der Waals surface area contributed by atoms with Gasteiger partial charge in [-0.05, 0) is 36.6 Å². The van der Waals surface area contributed by atoms with Gasteiger partial charge in [0.15, 0.2) is 5.78 Å². The highest BCUT2D eigenvalue weighted by Crippen LogP contribution is 2.26. The molecule has 0 aliphatic heterocycles. The second-order valence-electron chi connectivity index (χ2n) is 3.79. The van der Waals surface area contributed by atoms with Crippen LogP contribution in [0.2, 0.25) is 0 Å². The number of benzene rings is 1. The summed E-state index contributed by atoms with van der Waals surface area (Å²) in [4.78, 5) is 15.6. The fraction of sp³-hybridized carbons (Fsp3) is 0.143. The van der Waals surface area contributed by atoms with E-state index < -0.39 is 0 Å². The van der Waals surface area contributed by atoms with Crippen molar-refractivity contribution in [3.05, 3.63) is 53.9 Å². The number of carbonyl (C=O) groups excluding carboxylic acids is 1. The molecule has 2 heteroatoms. The van der Waals surface area contributed by atoms with Crippen molar-refractivity contribution >= 4 is 5.78 Å². The van der Waals surface area contributed by atoms with Crippen molar-refractivity contribution in [2.45, 2.75) is 13.8 Å². The molecule has 80 valence electrons. The number of aryl methyl sites for hydroxylation is 1. The topological polar surface area (TPSA) is 30.0 Å². The summed E-state index contributed by atoms with van der Waals surface area (Å²) in [5, 5.41) is 0. The third-order valence-corrected chi connectivity index (χ3v) is 2.62. The van der Waals surface area contributed by atoms with E-state index in [-0.39, 0.29) is 5.78 Å². The summed E-state index contributed by atoms with van der Waals surface area (Å²) >= 11 is 0. The Labute approximate surface area is 95.0 Å². The molecular weight excluding hydrogens is 198 g/mol. The zero-order valence-corrected chi connectivity index (χ0v) is 9.40. The minimum Gasteiger partial charge on any atom is -0.294 e. The van der Waals surface area contributed by atoms with Gasteiger partial charge in [-0.25, -0.2) is 0 Å². The van der Waals surface area contributed by atoms with Gasteiger partial charge in [0.2, 0.25) is 0 Å². The Morgan fingerprint density at radius 1 is 1.12 bits per heavy atom. The van der Waals surface area contributed by atoms with E-state index in [1.807, 2.05) is 43.5 Å². The van der Waals surface area contributed by atoms with Gasteiger partial charge in [-0.15, -0.1) is 0 Å². The van der Waals surface area contributed by atoms with Gasteiger partial charge in [-0.1, -0.05) is 24.3 Å². The Morgan fingerprint density at radius 3 is 2.56 bits per heavy atom. The number of Topliss-reactive ketones (excluding diaryl/α,β-unsaturated/α-hetero) is 1. The van der Waals surface area contributed by atoms with Crippen molar-refractivity contribution in [1.82, 2.24) is 4.98 Å². The number of ketones is 1. The SMILES string of the molecule is CC(=O)c1ccccc1-c1ccncc1C. The van der Waals surface area contributed by atoms with Crippen molar-refractivity contribution in [3.8, 4) is 11.1 Å². The van der Waals surface area contributed by atoms with E-state index >= 15 is 0 Å². The van der Waals surface area contributed by atoms with Crippen molar-refractivity contribution < 1.29 is 4.79 Å². The van der Waals surface area contributed by atoms with E-state index in [1.54, 1.807) is 13.1 Å². The molecule has 0 amide bonds. The standard InChI is InChI=1S/C14H13NO/c1-10-9-15-8-7-12(10)14-6-4-3-5-13(14)11(2)16/h3-9H,1-2H3. The zero-order chi connectivity index (χ0) is 11.5. The first kappa shape index (κ1) is 10.6. The number of pyridine rings is 1. The highest BCUT2D eigenvalue weighted by atomic mass is 16.1. The molecule has 1 aromatic carbocycles. The summed E-state index contributed by atoms with van der Waals surface area (Å²) in [6.45, 7) is 3.59. The lowest BCUT2D eigenvalue weighted by Gasteiger charge is -2.09. The smallest absolute Gasteiger partial charge is 0.160 e. The number of rotatable bonds is 2. The molecule has 0 aliphatic rings. The van der Waals surface area contributed by atoms with Gasteiger partial charge >= 0.3 is 0 Å². The molecule has 0 aliphatic carbocycles. The van der Waals surface area contributed by atoms with Crippen LogP contribution in [0.3, 0.4) is 0 Å². The molecule has 16 heavy (non-hydrogen) atoms. The van der Waals surface area contributed by atoms with Crippen LogP contribution in [-0.4, -0.2) is 10.8 Å². The molecule has 0 unspecified atom stereocenters. The number of hydrogen-bond acceptors (Lipinski definition) is 2. The summed E-state index contributed by atoms with van der Waals surface area (Å²) in [5.41, 5.74) is 3.89. The van der Waals surface area contributed by atoms with Gasteiger partial charge in [0.25, 0.3) is 0 Å². The summed E-state index contributed by atoms with van der Waals surface area (Å²) in [6, 6.07) is 9.60. The maximum atomic E-state index is 11.5. The average Bonchev–Trinajstić information content (AvgIpc) is 2.29. The van der Waals surface area contributed by atoms with Gasteiger partial charge in [0, 0.05) is 18.0 Å². The summed E-state index contributed by atoms with van der Waals surface area (Å²) in [7, 11) is 0. The second-order valence-corrected chi connectivity index (χ2v) is 3.79. The largest absolute Gasteiger partial charge is 0.294 e. The lowest BCUT2D eigenvalue weighted by Crippen LogP contribution is -1.96. The summed E-state index contributed by atoms with van der Waals surface area (Å²) < 4.78 is 0. The minimum absolute atomic E-state index is 0.0896. The summed E-state index contributed by atoms with van der Waals surface area (Å²) in [5.74, 6) is 0.0896. The Hall–Kier alpha value is -1.96. The molecule has 0 radical (unpaired) electrons. The molecule has 0 bridgehead atoms. The number of nitrogens with zero attached hydrogens (tertiary/aromatic N) is 1. The van der Waals surface area contributed by atoms with Gasteiger partial charge < -0.3 is 0 Å². The average molecular weight is 211 g/mol. The summed E-state index contributed by atoms with van der Waals surface area (Å²) in [6.07, 6.45) is 3.56. The molecule has 0 spiro atoms. The van der Waals surface area contributed by atoms with Crippen molar-refractivity contribution in [1.29, 1.82) is 0 Å². The van der Waals surface area contributed by atoms with Crippen molar-refractivity contribution in [2.24, 2.45) is 0 Å². The van der Waals surface area contributed by atoms with Crippen LogP contribution >= 0.6 is 0 Å². The predicted octanol–water partition coefficient (Wildman–Crippen LogP) is 3.26. The molecule has 0 N–H and O–H groups in total. The fourth-order valence-corrected chi connectivity index (χ4v) is 1.80.